The molecular formula is C9H10BrNO4. The highest BCUT2D eigenvalue weighted by atomic mass is 79.9. The van der Waals surface area contributed by atoms with Crippen LogP contribution < -0.4 is 4.74 Å². The van der Waals surface area contributed by atoms with Crippen LogP contribution in [0.3, 0.4) is 0 Å². The third kappa shape index (κ3) is 3.49. The van der Waals surface area contributed by atoms with Crippen LogP contribution in [0.2, 0.25) is 0 Å². The summed E-state index contributed by atoms with van der Waals surface area (Å²) < 4.78 is 10.6. The number of methoxy groups -OCH3 is 1. The van der Waals surface area contributed by atoms with Crippen molar-refractivity contribution in [2.45, 2.75) is 0 Å². The van der Waals surface area contributed by atoms with Crippen LogP contribution in [-0.2, 0) is 4.74 Å². The topological polar surface area (TPSA) is 61.6 Å². The quantitative estimate of drug-likeness (QED) is 0.470. The average molecular weight is 276 g/mol. The first-order valence-electron chi connectivity index (χ1n) is 4.21. The number of hydrogen-bond acceptors (Lipinski definition) is 4. The predicted octanol–water partition coefficient (Wildman–Crippen LogP) is 2.38. The van der Waals surface area contributed by atoms with Gasteiger partial charge in [-0.15, -0.1) is 0 Å². The Labute approximate surface area is 95.3 Å². The third-order valence-electron chi connectivity index (χ3n) is 1.66. The van der Waals surface area contributed by atoms with Gasteiger partial charge < -0.3 is 9.47 Å². The summed E-state index contributed by atoms with van der Waals surface area (Å²) in [6.45, 7) is 0.687. The number of nitro groups is 1. The van der Waals surface area contributed by atoms with Crippen LogP contribution >= 0.6 is 15.9 Å². The van der Waals surface area contributed by atoms with Gasteiger partial charge in [0.25, 0.3) is 0 Å². The maximum absolute atomic E-state index is 10.7. The number of rotatable bonds is 5. The van der Waals surface area contributed by atoms with Gasteiger partial charge in [0.1, 0.15) is 6.61 Å². The van der Waals surface area contributed by atoms with Crippen LogP contribution in [0.1, 0.15) is 0 Å². The molecule has 5 nitrogen and oxygen atoms in total. The van der Waals surface area contributed by atoms with Crippen LogP contribution in [-0.4, -0.2) is 25.2 Å². The van der Waals surface area contributed by atoms with Gasteiger partial charge in [0, 0.05) is 17.6 Å². The van der Waals surface area contributed by atoms with Crippen LogP contribution in [0.15, 0.2) is 22.7 Å². The van der Waals surface area contributed by atoms with E-state index in [2.05, 4.69) is 15.9 Å². The van der Waals surface area contributed by atoms with E-state index >= 15 is 0 Å². The van der Waals surface area contributed by atoms with Crippen molar-refractivity contribution in [2.24, 2.45) is 0 Å². The smallest absolute Gasteiger partial charge is 0.312 e. The zero-order chi connectivity index (χ0) is 11.3. The minimum Gasteiger partial charge on any atom is -0.484 e. The molecule has 0 aromatic heterocycles. The largest absolute Gasteiger partial charge is 0.484 e. The second-order valence-electron chi connectivity index (χ2n) is 2.71. The summed E-state index contributed by atoms with van der Waals surface area (Å²) in [7, 11) is 1.54. The summed E-state index contributed by atoms with van der Waals surface area (Å²) >= 11 is 3.16. The second kappa shape index (κ2) is 5.67. The number of nitrogens with zero attached hydrogens (tertiary/aromatic N) is 1. The van der Waals surface area contributed by atoms with Crippen LogP contribution in [0, 0.1) is 10.1 Å². The predicted molar refractivity (Wildman–Crippen MR) is 58.2 cm³/mol. The monoisotopic (exact) mass is 275 g/mol. The van der Waals surface area contributed by atoms with Crippen molar-refractivity contribution in [3.63, 3.8) is 0 Å². The van der Waals surface area contributed by atoms with Gasteiger partial charge in [0.05, 0.1) is 11.5 Å². The molecule has 82 valence electrons. The van der Waals surface area contributed by atoms with Gasteiger partial charge in [-0.3, -0.25) is 10.1 Å². The number of nitro benzene ring substituents is 1. The molecule has 1 aromatic carbocycles. The van der Waals surface area contributed by atoms with Gasteiger partial charge in [0.2, 0.25) is 0 Å². The molecule has 0 saturated heterocycles. The molecule has 0 aliphatic carbocycles. The van der Waals surface area contributed by atoms with E-state index in [-0.39, 0.29) is 11.4 Å². The second-order valence-corrected chi connectivity index (χ2v) is 3.63. The van der Waals surface area contributed by atoms with Crippen molar-refractivity contribution in [1.82, 2.24) is 0 Å². The molecule has 1 aromatic rings. The molecule has 1 rings (SSSR count). The zero-order valence-corrected chi connectivity index (χ0v) is 9.69. The first kappa shape index (κ1) is 11.9. The van der Waals surface area contributed by atoms with E-state index in [1.807, 2.05) is 0 Å². The number of benzene rings is 1. The summed E-state index contributed by atoms with van der Waals surface area (Å²) in [6, 6.07) is 4.65. The Balaban J connectivity index is 2.81. The van der Waals surface area contributed by atoms with E-state index in [0.717, 1.165) is 0 Å². The highest BCUT2D eigenvalue weighted by molar-refractivity contribution is 9.10. The van der Waals surface area contributed by atoms with Gasteiger partial charge in [-0.1, -0.05) is 15.9 Å². The van der Waals surface area contributed by atoms with E-state index in [9.17, 15) is 10.1 Å². The SMILES string of the molecule is COCCOc1ccc(Br)cc1[N+](=O)[O-]. The molecule has 0 aliphatic heterocycles. The minimum absolute atomic E-state index is 0.0551. The van der Waals surface area contributed by atoms with Crippen LogP contribution in [0.4, 0.5) is 5.69 Å². The van der Waals surface area contributed by atoms with Gasteiger partial charge >= 0.3 is 5.69 Å². The fourth-order valence-electron chi connectivity index (χ4n) is 0.990. The molecule has 0 bridgehead atoms. The Morgan fingerprint density at radius 2 is 2.20 bits per heavy atom. The maximum Gasteiger partial charge on any atom is 0.312 e. The molecule has 0 aliphatic rings. The normalized spacial score (nSPS) is 10.0. The van der Waals surface area contributed by atoms with Gasteiger partial charge in [-0.2, -0.15) is 0 Å². The maximum atomic E-state index is 10.7. The molecular weight excluding hydrogens is 266 g/mol. The first-order valence-corrected chi connectivity index (χ1v) is 5.00. The summed E-state index contributed by atoms with van der Waals surface area (Å²) in [5.41, 5.74) is -0.0551. The highest BCUT2D eigenvalue weighted by Gasteiger charge is 2.15. The third-order valence-corrected chi connectivity index (χ3v) is 2.16. The van der Waals surface area contributed by atoms with Gasteiger partial charge in [-0.05, 0) is 12.1 Å². The molecule has 6 heteroatoms. The fourth-order valence-corrected chi connectivity index (χ4v) is 1.34. The molecule has 0 unspecified atom stereocenters. The molecule has 0 fully saturated rings. The molecule has 15 heavy (non-hydrogen) atoms. The van der Waals surface area contributed by atoms with Gasteiger partial charge in [-0.25, -0.2) is 0 Å². The first-order chi connectivity index (χ1) is 7.15. The lowest BCUT2D eigenvalue weighted by molar-refractivity contribution is -0.386. The Bertz CT molecular complexity index is 356. The van der Waals surface area contributed by atoms with E-state index in [1.54, 1.807) is 19.2 Å². The van der Waals surface area contributed by atoms with Crippen molar-refractivity contribution in [2.75, 3.05) is 20.3 Å². The number of halogens is 1. The lowest BCUT2D eigenvalue weighted by atomic mass is 10.3. The van der Waals surface area contributed by atoms with Gasteiger partial charge in [0.15, 0.2) is 5.75 Å². The average Bonchev–Trinajstić information content (AvgIpc) is 2.20. The lowest BCUT2D eigenvalue weighted by Gasteiger charge is -2.05. The van der Waals surface area contributed by atoms with E-state index < -0.39 is 4.92 Å². The van der Waals surface area contributed by atoms with E-state index in [4.69, 9.17) is 9.47 Å². The summed E-state index contributed by atoms with van der Waals surface area (Å²) in [5, 5.41) is 10.7. The highest BCUT2D eigenvalue weighted by Crippen LogP contribution is 2.29. The number of hydrogen-bond donors (Lipinski definition) is 0. The van der Waals surface area contributed by atoms with Crippen molar-refractivity contribution < 1.29 is 14.4 Å². The number of ether oxygens (including phenoxy) is 2. The van der Waals surface area contributed by atoms with E-state index in [0.29, 0.717) is 17.7 Å². The molecule has 0 atom stereocenters. The Hall–Kier alpha value is -1.14. The van der Waals surface area contributed by atoms with Crippen molar-refractivity contribution in [3.8, 4) is 5.75 Å². The molecule has 0 N–H and O–H groups in total. The van der Waals surface area contributed by atoms with E-state index in [1.165, 1.54) is 6.07 Å². The zero-order valence-electron chi connectivity index (χ0n) is 8.10. The summed E-state index contributed by atoms with van der Waals surface area (Å²) in [6.07, 6.45) is 0. The van der Waals surface area contributed by atoms with Crippen LogP contribution in [0.5, 0.6) is 5.75 Å². The molecule has 0 heterocycles. The lowest BCUT2D eigenvalue weighted by Crippen LogP contribution is -2.05. The Morgan fingerprint density at radius 3 is 2.80 bits per heavy atom. The Kier molecular flexibility index (Phi) is 4.51. The summed E-state index contributed by atoms with van der Waals surface area (Å²) in [4.78, 5) is 10.2. The van der Waals surface area contributed by atoms with Crippen molar-refractivity contribution >= 4 is 21.6 Å². The fraction of sp³-hybridized carbons (Fsp3) is 0.333. The molecule has 0 amide bonds. The Morgan fingerprint density at radius 1 is 1.47 bits per heavy atom. The summed E-state index contributed by atoms with van der Waals surface area (Å²) in [5.74, 6) is 0.250. The molecule has 0 radical (unpaired) electrons. The molecule has 0 saturated carbocycles. The van der Waals surface area contributed by atoms with Crippen molar-refractivity contribution in [1.29, 1.82) is 0 Å². The minimum atomic E-state index is -0.479. The van der Waals surface area contributed by atoms with Crippen molar-refractivity contribution in [3.05, 3.63) is 32.8 Å². The standard InChI is InChI=1S/C9H10BrNO4/c1-14-4-5-15-9-3-2-7(10)6-8(9)11(12)13/h2-3,6H,4-5H2,1H3. The van der Waals surface area contributed by atoms with Crippen LogP contribution in [0.25, 0.3) is 0 Å². The molecule has 0 spiro atoms.